The summed E-state index contributed by atoms with van der Waals surface area (Å²) in [6, 6.07) is 8.57. The molecule has 1 aliphatic rings. The summed E-state index contributed by atoms with van der Waals surface area (Å²) in [7, 11) is 0. The van der Waals surface area contributed by atoms with Crippen LogP contribution < -0.4 is 10.1 Å². The van der Waals surface area contributed by atoms with Crippen molar-refractivity contribution >= 4 is 0 Å². The van der Waals surface area contributed by atoms with Gasteiger partial charge in [-0.15, -0.1) is 0 Å². The maximum atomic E-state index is 5.45. The van der Waals surface area contributed by atoms with E-state index in [9.17, 15) is 0 Å². The third kappa shape index (κ3) is 4.04. The third-order valence-electron chi connectivity index (χ3n) is 3.53. The second-order valence-electron chi connectivity index (χ2n) is 4.81. The molecule has 1 aromatic rings. The summed E-state index contributed by atoms with van der Waals surface area (Å²) in [6.07, 6.45) is 5.22. The molecular formula is C15H23NO. The lowest BCUT2D eigenvalue weighted by Gasteiger charge is -2.22. The molecule has 0 unspecified atom stereocenters. The number of hydrogen-bond donors (Lipinski definition) is 1. The molecule has 2 nitrogen and oxygen atoms in total. The molecule has 1 N–H and O–H groups in total. The maximum Gasteiger partial charge on any atom is 0.119 e. The lowest BCUT2D eigenvalue weighted by molar-refractivity contribution is 0.340. The molecule has 0 spiro atoms. The first-order valence-corrected chi connectivity index (χ1v) is 6.81. The van der Waals surface area contributed by atoms with Crippen molar-refractivity contribution in [1.82, 2.24) is 5.32 Å². The summed E-state index contributed by atoms with van der Waals surface area (Å²) in [5.41, 5.74) is 1.44. The first kappa shape index (κ1) is 12.4. The average molecular weight is 233 g/mol. The van der Waals surface area contributed by atoms with Crippen molar-refractivity contribution in [2.45, 2.75) is 32.6 Å². The molecule has 0 radical (unpaired) electrons. The van der Waals surface area contributed by atoms with Crippen LogP contribution in [0.5, 0.6) is 5.75 Å². The lowest BCUT2D eigenvalue weighted by atomic mass is 9.91. The van der Waals surface area contributed by atoms with Crippen LogP contribution in [0.2, 0.25) is 0 Å². The molecule has 2 heteroatoms. The van der Waals surface area contributed by atoms with Gasteiger partial charge >= 0.3 is 0 Å². The predicted octanol–water partition coefficient (Wildman–Crippen LogP) is 3.02. The van der Waals surface area contributed by atoms with E-state index in [2.05, 4.69) is 29.6 Å². The highest BCUT2D eigenvalue weighted by atomic mass is 16.5. The van der Waals surface area contributed by atoms with E-state index in [0.29, 0.717) is 0 Å². The molecule has 0 aliphatic carbocycles. The standard InChI is InChI=1S/C15H23NO/c1-2-17-15-7-5-13(6-8-15)3-4-14-9-11-16-12-10-14/h5-8,14,16H,2-4,9-12H2,1H3. The van der Waals surface area contributed by atoms with Gasteiger partial charge in [-0.25, -0.2) is 0 Å². The van der Waals surface area contributed by atoms with Crippen LogP contribution in [0.4, 0.5) is 0 Å². The first-order valence-electron chi connectivity index (χ1n) is 6.81. The van der Waals surface area contributed by atoms with E-state index < -0.39 is 0 Å². The second-order valence-corrected chi connectivity index (χ2v) is 4.81. The number of aryl methyl sites for hydroxylation is 1. The quantitative estimate of drug-likeness (QED) is 0.844. The van der Waals surface area contributed by atoms with Crippen molar-refractivity contribution in [3.63, 3.8) is 0 Å². The van der Waals surface area contributed by atoms with Crippen LogP contribution in [0.3, 0.4) is 0 Å². The van der Waals surface area contributed by atoms with Crippen molar-refractivity contribution in [1.29, 1.82) is 0 Å². The summed E-state index contributed by atoms with van der Waals surface area (Å²) < 4.78 is 5.45. The van der Waals surface area contributed by atoms with Crippen molar-refractivity contribution < 1.29 is 4.74 Å². The zero-order valence-electron chi connectivity index (χ0n) is 10.7. The minimum Gasteiger partial charge on any atom is -0.494 e. The van der Waals surface area contributed by atoms with E-state index in [-0.39, 0.29) is 0 Å². The topological polar surface area (TPSA) is 21.3 Å². The Bertz CT molecular complexity index is 314. The largest absolute Gasteiger partial charge is 0.494 e. The van der Waals surface area contributed by atoms with Gasteiger partial charge in [-0.05, 0) is 69.3 Å². The van der Waals surface area contributed by atoms with Gasteiger partial charge in [0.25, 0.3) is 0 Å². The van der Waals surface area contributed by atoms with Gasteiger partial charge in [0.1, 0.15) is 5.75 Å². The van der Waals surface area contributed by atoms with Crippen LogP contribution in [-0.4, -0.2) is 19.7 Å². The van der Waals surface area contributed by atoms with E-state index in [0.717, 1.165) is 18.3 Å². The van der Waals surface area contributed by atoms with E-state index in [1.165, 1.54) is 44.3 Å². The highest BCUT2D eigenvalue weighted by Crippen LogP contribution is 2.20. The van der Waals surface area contributed by atoms with Crippen molar-refractivity contribution in [3.8, 4) is 5.75 Å². The number of nitrogens with one attached hydrogen (secondary N) is 1. The van der Waals surface area contributed by atoms with Crippen molar-refractivity contribution in [3.05, 3.63) is 29.8 Å². The van der Waals surface area contributed by atoms with Crippen molar-refractivity contribution in [2.24, 2.45) is 5.92 Å². The van der Waals surface area contributed by atoms with Crippen molar-refractivity contribution in [2.75, 3.05) is 19.7 Å². The molecule has 1 saturated heterocycles. The zero-order chi connectivity index (χ0) is 11.9. The van der Waals surface area contributed by atoms with Crippen LogP contribution in [0.1, 0.15) is 31.7 Å². The number of benzene rings is 1. The normalized spacial score (nSPS) is 17.0. The van der Waals surface area contributed by atoms with E-state index in [1.54, 1.807) is 0 Å². The molecule has 1 fully saturated rings. The molecule has 1 heterocycles. The summed E-state index contributed by atoms with van der Waals surface area (Å²) in [4.78, 5) is 0. The van der Waals surface area contributed by atoms with Crippen LogP contribution >= 0.6 is 0 Å². The molecule has 0 atom stereocenters. The van der Waals surface area contributed by atoms with E-state index >= 15 is 0 Å². The lowest BCUT2D eigenvalue weighted by Crippen LogP contribution is -2.27. The zero-order valence-corrected chi connectivity index (χ0v) is 10.7. The maximum absolute atomic E-state index is 5.45. The monoisotopic (exact) mass is 233 g/mol. The Morgan fingerprint density at radius 1 is 1.18 bits per heavy atom. The van der Waals surface area contributed by atoms with Crippen LogP contribution in [0, 0.1) is 5.92 Å². The second kappa shape index (κ2) is 6.65. The number of hydrogen-bond acceptors (Lipinski definition) is 2. The third-order valence-corrected chi connectivity index (χ3v) is 3.53. The molecule has 94 valence electrons. The van der Waals surface area contributed by atoms with Gasteiger partial charge in [-0.1, -0.05) is 12.1 Å². The molecular weight excluding hydrogens is 210 g/mol. The molecule has 17 heavy (non-hydrogen) atoms. The minimum atomic E-state index is 0.744. The number of rotatable bonds is 5. The fraction of sp³-hybridized carbons (Fsp3) is 0.600. The van der Waals surface area contributed by atoms with E-state index in [4.69, 9.17) is 4.74 Å². The fourth-order valence-corrected chi connectivity index (χ4v) is 2.46. The highest BCUT2D eigenvalue weighted by molar-refractivity contribution is 5.27. The Labute approximate surface area is 104 Å². The van der Waals surface area contributed by atoms with Gasteiger partial charge in [0, 0.05) is 0 Å². The minimum absolute atomic E-state index is 0.744. The number of ether oxygens (including phenoxy) is 1. The van der Waals surface area contributed by atoms with Gasteiger partial charge < -0.3 is 10.1 Å². The highest BCUT2D eigenvalue weighted by Gasteiger charge is 2.12. The predicted molar refractivity (Wildman–Crippen MR) is 71.5 cm³/mol. The molecule has 1 aliphatic heterocycles. The molecule has 0 aromatic heterocycles. The van der Waals surface area contributed by atoms with Crippen LogP contribution in [0.25, 0.3) is 0 Å². The fourth-order valence-electron chi connectivity index (χ4n) is 2.46. The average Bonchev–Trinajstić information content (AvgIpc) is 2.40. The van der Waals surface area contributed by atoms with Gasteiger partial charge in [-0.3, -0.25) is 0 Å². The summed E-state index contributed by atoms with van der Waals surface area (Å²) in [5, 5.41) is 3.42. The molecule has 0 bridgehead atoms. The van der Waals surface area contributed by atoms with Crippen LogP contribution in [-0.2, 0) is 6.42 Å². The molecule has 2 rings (SSSR count). The Kier molecular flexibility index (Phi) is 4.87. The first-order chi connectivity index (χ1) is 8.38. The Morgan fingerprint density at radius 3 is 2.53 bits per heavy atom. The SMILES string of the molecule is CCOc1ccc(CCC2CCNCC2)cc1. The van der Waals surface area contributed by atoms with Gasteiger partial charge in [0.15, 0.2) is 0 Å². The summed E-state index contributed by atoms with van der Waals surface area (Å²) in [6.45, 7) is 5.17. The van der Waals surface area contributed by atoms with Gasteiger partial charge in [-0.2, -0.15) is 0 Å². The Morgan fingerprint density at radius 2 is 1.88 bits per heavy atom. The molecule has 0 saturated carbocycles. The van der Waals surface area contributed by atoms with Gasteiger partial charge in [0.2, 0.25) is 0 Å². The van der Waals surface area contributed by atoms with Gasteiger partial charge in [0.05, 0.1) is 6.61 Å². The molecule has 0 amide bonds. The van der Waals surface area contributed by atoms with E-state index in [1.807, 2.05) is 6.92 Å². The molecule has 1 aromatic carbocycles. The Balaban J connectivity index is 1.77. The Hall–Kier alpha value is -1.02. The smallest absolute Gasteiger partial charge is 0.119 e. The summed E-state index contributed by atoms with van der Waals surface area (Å²) in [5.74, 6) is 1.90. The number of piperidine rings is 1. The summed E-state index contributed by atoms with van der Waals surface area (Å²) >= 11 is 0. The van der Waals surface area contributed by atoms with Crippen LogP contribution in [0.15, 0.2) is 24.3 Å².